The van der Waals surface area contributed by atoms with E-state index >= 15 is 0 Å². The van der Waals surface area contributed by atoms with Crippen LogP contribution >= 0.6 is 12.2 Å². The number of aromatic amines is 1. The maximum atomic E-state index is 13.8. The normalized spacial score (nSPS) is 24.8. The average molecular weight is 294 g/mol. The zero-order chi connectivity index (χ0) is 14.5. The number of benzene rings is 1. The summed E-state index contributed by atoms with van der Waals surface area (Å²) in [7, 11) is 0. The van der Waals surface area contributed by atoms with Crippen molar-refractivity contribution in [1.82, 2.24) is 9.55 Å². The third-order valence-corrected chi connectivity index (χ3v) is 4.81. The fraction of sp³-hybridized carbons (Fsp3) is 0.533. The number of rotatable bonds is 3. The van der Waals surface area contributed by atoms with Crippen molar-refractivity contribution in [3.8, 4) is 0 Å². The Morgan fingerprint density at radius 2 is 2.25 bits per heavy atom. The van der Waals surface area contributed by atoms with E-state index in [1.165, 1.54) is 6.07 Å². The van der Waals surface area contributed by atoms with Crippen molar-refractivity contribution in [2.24, 2.45) is 5.41 Å². The van der Waals surface area contributed by atoms with Gasteiger partial charge in [0.25, 0.3) is 0 Å². The number of nitrogens with one attached hydrogen (secondary N) is 1. The zero-order valence-electron chi connectivity index (χ0n) is 11.9. The molecule has 0 amide bonds. The Morgan fingerprint density at radius 3 is 2.90 bits per heavy atom. The van der Waals surface area contributed by atoms with E-state index in [2.05, 4.69) is 18.8 Å². The molecule has 2 aromatic rings. The van der Waals surface area contributed by atoms with Crippen LogP contribution in [0, 0.1) is 16.0 Å². The molecular formula is C15H19FN2OS. The fourth-order valence-electron chi connectivity index (χ4n) is 3.21. The molecule has 1 aliphatic carbocycles. The lowest BCUT2D eigenvalue weighted by atomic mass is 9.64. The molecule has 108 valence electrons. The van der Waals surface area contributed by atoms with E-state index in [0.29, 0.717) is 16.9 Å². The molecule has 0 radical (unpaired) electrons. The van der Waals surface area contributed by atoms with E-state index in [0.717, 1.165) is 11.9 Å². The molecule has 1 heterocycles. The minimum absolute atomic E-state index is 0.00429. The predicted molar refractivity (Wildman–Crippen MR) is 79.9 cm³/mol. The first kappa shape index (κ1) is 13.8. The maximum Gasteiger partial charge on any atom is 0.178 e. The zero-order valence-corrected chi connectivity index (χ0v) is 12.8. The molecule has 3 rings (SSSR count). The lowest BCUT2D eigenvalue weighted by Gasteiger charge is -2.52. The molecule has 1 saturated carbocycles. The molecule has 5 heteroatoms. The van der Waals surface area contributed by atoms with E-state index in [9.17, 15) is 4.39 Å². The molecule has 1 aliphatic rings. The predicted octanol–water partition coefficient (Wildman–Crippen LogP) is 4.21. The van der Waals surface area contributed by atoms with Gasteiger partial charge in [0.15, 0.2) is 4.77 Å². The summed E-state index contributed by atoms with van der Waals surface area (Å²) in [6, 6.07) is 5.33. The summed E-state index contributed by atoms with van der Waals surface area (Å²) in [6.07, 6.45) is 1.15. The molecule has 1 aromatic carbocycles. The molecule has 0 bridgehead atoms. The van der Waals surface area contributed by atoms with Gasteiger partial charge in [-0.05, 0) is 37.7 Å². The van der Waals surface area contributed by atoms with Gasteiger partial charge in [0.1, 0.15) is 11.3 Å². The number of halogens is 1. The van der Waals surface area contributed by atoms with Crippen LogP contribution in [0.5, 0.6) is 0 Å². The number of fused-ring (bicyclic) bond motifs is 1. The third kappa shape index (κ3) is 1.84. The number of para-hydroxylation sites is 1. The Kier molecular flexibility index (Phi) is 3.21. The van der Waals surface area contributed by atoms with Gasteiger partial charge in [-0.1, -0.05) is 19.9 Å². The van der Waals surface area contributed by atoms with Gasteiger partial charge in [-0.25, -0.2) is 4.39 Å². The highest BCUT2D eigenvalue weighted by Crippen LogP contribution is 2.52. The van der Waals surface area contributed by atoms with E-state index in [1.807, 2.05) is 17.6 Å². The monoisotopic (exact) mass is 294 g/mol. The first-order valence-corrected chi connectivity index (χ1v) is 7.38. The van der Waals surface area contributed by atoms with Crippen molar-refractivity contribution in [3.63, 3.8) is 0 Å². The van der Waals surface area contributed by atoms with Crippen LogP contribution in [0.15, 0.2) is 18.2 Å². The lowest BCUT2D eigenvalue weighted by molar-refractivity contribution is -0.127. The summed E-state index contributed by atoms with van der Waals surface area (Å²) in [5, 5.41) is 0. The first-order valence-electron chi connectivity index (χ1n) is 6.97. The van der Waals surface area contributed by atoms with Gasteiger partial charge in [-0.15, -0.1) is 0 Å². The summed E-state index contributed by atoms with van der Waals surface area (Å²) in [6.45, 7) is 7.09. The van der Waals surface area contributed by atoms with Gasteiger partial charge in [0.05, 0.1) is 11.6 Å². The molecule has 1 aromatic heterocycles. The van der Waals surface area contributed by atoms with Crippen LogP contribution in [0.2, 0.25) is 0 Å². The van der Waals surface area contributed by atoms with Crippen LogP contribution in [0.1, 0.15) is 33.2 Å². The molecule has 1 fully saturated rings. The molecule has 3 nitrogen and oxygen atoms in total. The van der Waals surface area contributed by atoms with E-state index < -0.39 is 0 Å². The number of hydrogen-bond acceptors (Lipinski definition) is 2. The van der Waals surface area contributed by atoms with Crippen LogP contribution in [0.4, 0.5) is 4.39 Å². The molecule has 0 saturated heterocycles. The van der Waals surface area contributed by atoms with Crippen molar-refractivity contribution >= 4 is 23.3 Å². The molecule has 20 heavy (non-hydrogen) atoms. The standard InChI is InChI=1S/C15H19FN2OS/c1-4-19-12-8-11(15(12,2)3)18-10-7-5-6-9(16)13(10)17-14(18)20/h5-7,11-12H,4,8H2,1-3H3,(H,17,20). The van der Waals surface area contributed by atoms with Crippen LogP contribution in [0.3, 0.4) is 0 Å². The lowest BCUT2D eigenvalue weighted by Crippen LogP contribution is -2.51. The summed E-state index contributed by atoms with van der Waals surface area (Å²) in [5.74, 6) is -0.258. The minimum atomic E-state index is -0.258. The fourth-order valence-corrected chi connectivity index (χ4v) is 3.54. The molecule has 2 atom stereocenters. The number of aromatic nitrogens is 2. The Hall–Kier alpha value is -1.20. The molecule has 1 N–H and O–H groups in total. The number of hydrogen-bond donors (Lipinski definition) is 1. The summed E-state index contributed by atoms with van der Waals surface area (Å²) in [5.41, 5.74) is 1.33. The largest absolute Gasteiger partial charge is 0.378 e. The molecular weight excluding hydrogens is 275 g/mol. The minimum Gasteiger partial charge on any atom is -0.378 e. The van der Waals surface area contributed by atoms with Gasteiger partial charge in [-0.2, -0.15) is 0 Å². The van der Waals surface area contributed by atoms with Crippen LogP contribution in [-0.2, 0) is 4.74 Å². The van der Waals surface area contributed by atoms with Crippen LogP contribution < -0.4 is 0 Å². The molecule has 2 unspecified atom stereocenters. The second-order valence-electron chi connectivity index (χ2n) is 5.95. The maximum absolute atomic E-state index is 13.8. The number of nitrogens with zero attached hydrogens (tertiary/aromatic N) is 1. The molecule has 0 spiro atoms. The number of H-pyrrole nitrogens is 1. The SMILES string of the molecule is CCOC1CC(n2c(=S)[nH]c3c(F)cccc32)C1(C)C. The Bertz CT molecular complexity index is 703. The van der Waals surface area contributed by atoms with E-state index in [-0.39, 0.29) is 23.4 Å². The summed E-state index contributed by atoms with van der Waals surface area (Å²) < 4.78 is 22.2. The van der Waals surface area contributed by atoms with E-state index in [4.69, 9.17) is 17.0 Å². The molecule has 0 aliphatic heterocycles. The van der Waals surface area contributed by atoms with Crippen molar-refractivity contribution in [2.45, 2.75) is 39.3 Å². The highest BCUT2D eigenvalue weighted by Gasteiger charge is 2.50. The quantitative estimate of drug-likeness (QED) is 0.859. The van der Waals surface area contributed by atoms with Crippen molar-refractivity contribution in [1.29, 1.82) is 0 Å². The topological polar surface area (TPSA) is 29.9 Å². The van der Waals surface area contributed by atoms with Crippen molar-refractivity contribution in [3.05, 3.63) is 28.8 Å². The average Bonchev–Trinajstić information content (AvgIpc) is 2.72. The third-order valence-electron chi connectivity index (χ3n) is 4.51. The van der Waals surface area contributed by atoms with Crippen molar-refractivity contribution in [2.75, 3.05) is 6.61 Å². The Morgan fingerprint density at radius 1 is 1.50 bits per heavy atom. The van der Waals surface area contributed by atoms with Gasteiger partial charge in [0, 0.05) is 18.1 Å². The second-order valence-corrected chi connectivity index (χ2v) is 6.34. The highest BCUT2D eigenvalue weighted by molar-refractivity contribution is 7.71. The van der Waals surface area contributed by atoms with E-state index in [1.54, 1.807) is 6.07 Å². The summed E-state index contributed by atoms with van der Waals surface area (Å²) >= 11 is 5.39. The van der Waals surface area contributed by atoms with Crippen molar-refractivity contribution < 1.29 is 9.13 Å². The first-order chi connectivity index (χ1) is 9.46. The van der Waals surface area contributed by atoms with Crippen LogP contribution in [-0.4, -0.2) is 22.3 Å². The number of ether oxygens (including phenoxy) is 1. The van der Waals surface area contributed by atoms with Gasteiger partial charge in [-0.3, -0.25) is 0 Å². The van der Waals surface area contributed by atoms with Crippen LogP contribution in [0.25, 0.3) is 11.0 Å². The Labute approximate surface area is 122 Å². The smallest absolute Gasteiger partial charge is 0.178 e. The highest BCUT2D eigenvalue weighted by atomic mass is 32.1. The van der Waals surface area contributed by atoms with Gasteiger partial charge < -0.3 is 14.3 Å². The Balaban J connectivity index is 2.07. The summed E-state index contributed by atoms with van der Waals surface area (Å²) in [4.78, 5) is 2.99. The number of imidazole rings is 1. The van der Waals surface area contributed by atoms with Gasteiger partial charge in [0.2, 0.25) is 0 Å². The second kappa shape index (κ2) is 4.67. The van der Waals surface area contributed by atoms with Gasteiger partial charge >= 0.3 is 0 Å².